The molecule has 0 unspecified atom stereocenters. The van der Waals surface area contributed by atoms with Crippen LogP contribution in [0.1, 0.15) is 58.4 Å². The number of alkyl halides is 3. The van der Waals surface area contributed by atoms with E-state index in [1.165, 1.54) is 18.2 Å². The molecular weight excluding hydrogens is 574 g/mol. The summed E-state index contributed by atoms with van der Waals surface area (Å²) in [5, 5.41) is 7.79. The van der Waals surface area contributed by atoms with Crippen LogP contribution < -0.4 is 10.2 Å². The number of likely N-dealkylation sites (tertiary alicyclic amines) is 1. The number of rotatable bonds is 7. The predicted molar refractivity (Wildman–Crippen MR) is 157 cm³/mol. The van der Waals surface area contributed by atoms with Crippen molar-refractivity contribution in [3.05, 3.63) is 113 Å². The summed E-state index contributed by atoms with van der Waals surface area (Å²) in [5.41, 5.74) is 1.54. The molecule has 7 nitrogen and oxygen atoms in total. The Morgan fingerprint density at radius 1 is 0.977 bits per heavy atom. The Labute approximate surface area is 252 Å². The molecule has 44 heavy (non-hydrogen) atoms. The molecule has 0 radical (unpaired) electrons. The lowest BCUT2D eigenvalue weighted by Gasteiger charge is -2.38. The maximum atomic E-state index is 14.3. The van der Waals surface area contributed by atoms with Crippen molar-refractivity contribution in [1.29, 1.82) is 0 Å². The maximum absolute atomic E-state index is 14.3. The molecule has 2 aliphatic heterocycles. The number of aromatic nitrogens is 2. The van der Waals surface area contributed by atoms with Gasteiger partial charge < -0.3 is 5.32 Å². The third kappa shape index (κ3) is 5.59. The Morgan fingerprint density at radius 2 is 1.68 bits per heavy atom. The van der Waals surface area contributed by atoms with Gasteiger partial charge in [-0.05, 0) is 80.9 Å². The SMILES string of the molecule is CCN1C(=O)[C@@H](NC(=O)c2cccc(C(F)(F)F)c2)[C@@H](c2ccc(F)cc2)c2c(CN3CCCC3)nn(-c3ccccc3)c21. The van der Waals surface area contributed by atoms with Gasteiger partial charge in [0.2, 0.25) is 0 Å². The molecule has 2 amide bonds. The van der Waals surface area contributed by atoms with E-state index in [2.05, 4.69) is 10.2 Å². The van der Waals surface area contributed by atoms with Crippen LogP contribution in [0.4, 0.5) is 23.4 Å². The topological polar surface area (TPSA) is 70.5 Å². The zero-order chi connectivity index (χ0) is 31.0. The fraction of sp³-hybridized carbons (Fsp3) is 0.303. The average molecular weight is 606 g/mol. The van der Waals surface area contributed by atoms with Gasteiger partial charge in [0.05, 0.1) is 16.9 Å². The first-order valence-electron chi connectivity index (χ1n) is 14.6. The highest BCUT2D eigenvalue weighted by Crippen LogP contribution is 2.44. The number of hydrogen-bond acceptors (Lipinski definition) is 4. The van der Waals surface area contributed by atoms with Crippen LogP contribution in [0.15, 0.2) is 78.9 Å². The van der Waals surface area contributed by atoms with Crippen LogP contribution in [0.25, 0.3) is 5.69 Å². The standard InChI is InChI=1S/C33H31F4N5O2/c1-2-41-31-28(26(20-40-17-6-7-18-40)39-42(31)25-11-4-3-5-12-25)27(21-13-15-24(34)16-14-21)29(32(41)44)38-30(43)22-9-8-10-23(19-22)33(35,36)37/h3-5,8-16,19,27,29H,2,6-7,17-18,20H2,1H3,(H,38,43)/t27-,29-/m0/s1. The Bertz CT molecular complexity index is 1660. The first-order valence-corrected chi connectivity index (χ1v) is 14.6. The molecule has 2 atom stereocenters. The van der Waals surface area contributed by atoms with Crippen LogP contribution in [-0.2, 0) is 17.5 Å². The highest BCUT2D eigenvalue weighted by atomic mass is 19.4. The van der Waals surface area contributed by atoms with Gasteiger partial charge in [0.1, 0.15) is 17.7 Å². The fourth-order valence-corrected chi connectivity index (χ4v) is 6.18. The molecule has 2 aliphatic rings. The second-order valence-corrected chi connectivity index (χ2v) is 11.1. The number of likely N-dealkylation sites (N-methyl/N-ethyl adjacent to an activating group) is 1. The van der Waals surface area contributed by atoms with Crippen molar-refractivity contribution in [2.75, 3.05) is 24.5 Å². The van der Waals surface area contributed by atoms with E-state index in [-0.39, 0.29) is 12.1 Å². The molecule has 0 aliphatic carbocycles. The van der Waals surface area contributed by atoms with Crippen LogP contribution in [0.2, 0.25) is 0 Å². The third-order valence-electron chi connectivity index (χ3n) is 8.26. The normalized spacial score (nSPS) is 18.8. The molecule has 0 saturated carbocycles. The van der Waals surface area contributed by atoms with E-state index < -0.39 is 41.3 Å². The largest absolute Gasteiger partial charge is 0.416 e. The van der Waals surface area contributed by atoms with E-state index in [9.17, 15) is 27.2 Å². The van der Waals surface area contributed by atoms with Gasteiger partial charge in [0, 0.05) is 30.1 Å². The summed E-state index contributed by atoms with van der Waals surface area (Å²) in [6, 6.07) is 18.0. The molecule has 6 rings (SSSR count). The molecule has 4 aromatic rings. The smallest absolute Gasteiger partial charge is 0.339 e. The molecule has 228 valence electrons. The van der Waals surface area contributed by atoms with Crippen LogP contribution >= 0.6 is 0 Å². The zero-order valence-electron chi connectivity index (χ0n) is 24.0. The summed E-state index contributed by atoms with van der Waals surface area (Å²) < 4.78 is 56.2. The minimum atomic E-state index is -4.64. The van der Waals surface area contributed by atoms with Gasteiger partial charge in [-0.15, -0.1) is 0 Å². The van der Waals surface area contributed by atoms with Crippen molar-refractivity contribution >= 4 is 17.6 Å². The van der Waals surface area contributed by atoms with Crippen molar-refractivity contribution in [2.24, 2.45) is 0 Å². The lowest BCUT2D eigenvalue weighted by Crippen LogP contribution is -2.55. The van der Waals surface area contributed by atoms with Gasteiger partial charge in [-0.2, -0.15) is 18.3 Å². The van der Waals surface area contributed by atoms with Crippen LogP contribution in [0, 0.1) is 5.82 Å². The highest BCUT2D eigenvalue weighted by molar-refractivity contribution is 6.05. The zero-order valence-corrected chi connectivity index (χ0v) is 24.0. The summed E-state index contributed by atoms with van der Waals surface area (Å²) in [6.07, 6.45) is -2.53. The van der Waals surface area contributed by atoms with Gasteiger partial charge in [-0.25, -0.2) is 9.07 Å². The monoisotopic (exact) mass is 605 g/mol. The predicted octanol–water partition coefficient (Wildman–Crippen LogP) is 5.92. The quantitative estimate of drug-likeness (QED) is 0.266. The number of carbonyl (C=O) groups excluding carboxylic acids is 2. The first-order chi connectivity index (χ1) is 21.2. The second-order valence-electron chi connectivity index (χ2n) is 11.1. The number of carbonyl (C=O) groups is 2. The summed E-state index contributed by atoms with van der Waals surface area (Å²) >= 11 is 0. The number of fused-ring (bicyclic) bond motifs is 1. The maximum Gasteiger partial charge on any atom is 0.416 e. The van der Waals surface area contributed by atoms with Crippen molar-refractivity contribution in [3.8, 4) is 5.69 Å². The lowest BCUT2D eigenvalue weighted by molar-refractivity contribution is -0.137. The molecule has 1 aromatic heterocycles. The van der Waals surface area contributed by atoms with Crippen LogP contribution in [-0.4, -0.2) is 52.2 Å². The number of nitrogens with zero attached hydrogens (tertiary/aromatic N) is 4. The number of halogens is 4. The molecule has 11 heteroatoms. The average Bonchev–Trinajstić information content (AvgIpc) is 3.67. The minimum absolute atomic E-state index is 0.225. The summed E-state index contributed by atoms with van der Waals surface area (Å²) in [6.45, 7) is 4.34. The molecule has 0 bridgehead atoms. The number of benzene rings is 3. The summed E-state index contributed by atoms with van der Waals surface area (Å²) in [4.78, 5) is 31.7. The van der Waals surface area contributed by atoms with Gasteiger partial charge in [0.25, 0.3) is 11.8 Å². The Kier molecular flexibility index (Phi) is 7.98. The van der Waals surface area contributed by atoms with Gasteiger partial charge in [-0.3, -0.25) is 19.4 Å². The third-order valence-corrected chi connectivity index (χ3v) is 8.26. The van der Waals surface area contributed by atoms with Crippen LogP contribution in [0.5, 0.6) is 0 Å². The van der Waals surface area contributed by atoms with E-state index >= 15 is 0 Å². The molecule has 1 N–H and O–H groups in total. The fourth-order valence-electron chi connectivity index (χ4n) is 6.18. The first kappa shape index (κ1) is 29.6. The number of amides is 2. The molecule has 0 spiro atoms. The summed E-state index contributed by atoms with van der Waals surface area (Å²) in [5.74, 6) is -1.97. The Balaban J connectivity index is 1.52. The number of anilines is 1. The van der Waals surface area contributed by atoms with Crippen molar-refractivity contribution in [1.82, 2.24) is 20.0 Å². The molecule has 3 heterocycles. The van der Waals surface area contributed by atoms with E-state index in [1.54, 1.807) is 21.7 Å². The number of para-hydroxylation sites is 1. The number of nitrogens with one attached hydrogen (secondary N) is 1. The Morgan fingerprint density at radius 3 is 2.34 bits per heavy atom. The lowest BCUT2D eigenvalue weighted by atomic mass is 9.80. The van der Waals surface area contributed by atoms with Gasteiger partial charge >= 0.3 is 6.18 Å². The number of hydrogen-bond donors (Lipinski definition) is 1. The van der Waals surface area contributed by atoms with E-state index in [0.29, 0.717) is 29.2 Å². The van der Waals surface area contributed by atoms with Crippen molar-refractivity contribution in [3.63, 3.8) is 0 Å². The summed E-state index contributed by atoms with van der Waals surface area (Å²) in [7, 11) is 0. The van der Waals surface area contributed by atoms with Crippen molar-refractivity contribution in [2.45, 2.75) is 44.4 Å². The van der Waals surface area contributed by atoms with Crippen molar-refractivity contribution < 1.29 is 27.2 Å². The molecule has 3 aromatic carbocycles. The van der Waals surface area contributed by atoms with E-state index in [0.717, 1.165) is 49.8 Å². The van der Waals surface area contributed by atoms with E-state index in [1.807, 2.05) is 37.3 Å². The van der Waals surface area contributed by atoms with Crippen LogP contribution in [0.3, 0.4) is 0 Å². The second kappa shape index (κ2) is 11.9. The van der Waals surface area contributed by atoms with Gasteiger partial charge in [0.15, 0.2) is 0 Å². The van der Waals surface area contributed by atoms with E-state index in [4.69, 9.17) is 5.10 Å². The molecule has 1 fully saturated rings. The molecular formula is C33H31F4N5O2. The highest BCUT2D eigenvalue weighted by Gasteiger charge is 2.46. The molecule has 1 saturated heterocycles. The Hall–Kier alpha value is -4.51. The van der Waals surface area contributed by atoms with Gasteiger partial charge in [-0.1, -0.05) is 36.4 Å². The minimum Gasteiger partial charge on any atom is -0.339 e.